The molecule has 0 unspecified atom stereocenters. The van der Waals surface area contributed by atoms with Gasteiger partial charge >= 0.3 is 12.1 Å². The number of hydrogen-bond acceptors (Lipinski definition) is 3. The molecule has 0 aliphatic carbocycles. The van der Waals surface area contributed by atoms with Gasteiger partial charge in [-0.2, -0.15) is 13.2 Å². The lowest BCUT2D eigenvalue weighted by atomic mass is 10.00. The molecule has 1 amide bonds. The Kier molecular flexibility index (Phi) is 8.62. The van der Waals surface area contributed by atoms with Crippen LogP contribution in [-0.2, 0) is 23.9 Å². The summed E-state index contributed by atoms with van der Waals surface area (Å²) >= 11 is 0. The van der Waals surface area contributed by atoms with E-state index in [1.54, 1.807) is 18.5 Å². The Morgan fingerprint density at radius 1 is 1.18 bits per heavy atom. The van der Waals surface area contributed by atoms with Gasteiger partial charge in [0.05, 0.1) is 17.5 Å². The number of rotatable bonds is 8. The second-order valence-corrected chi connectivity index (χ2v) is 7.40. The van der Waals surface area contributed by atoms with Gasteiger partial charge in [-0.15, -0.1) is 12.8 Å². The van der Waals surface area contributed by atoms with Crippen molar-refractivity contribution in [3.8, 4) is 12.8 Å². The predicted molar refractivity (Wildman–Crippen MR) is 123 cm³/mol. The lowest BCUT2D eigenvalue weighted by Gasteiger charge is -2.10. The first-order valence-electron chi connectivity index (χ1n) is 10.3. The van der Waals surface area contributed by atoms with Crippen LogP contribution in [-0.4, -0.2) is 26.5 Å². The van der Waals surface area contributed by atoms with Gasteiger partial charge in [0, 0.05) is 30.0 Å². The summed E-state index contributed by atoms with van der Waals surface area (Å²) in [5.74, 6) is -1.63. The highest BCUT2D eigenvalue weighted by atomic mass is 19.4. The lowest BCUT2D eigenvalue weighted by molar-refractivity contribution is -0.138. The molecule has 0 saturated carbocycles. The number of carbonyl (C=O) groups excluding carboxylic acids is 1. The molecule has 0 atom stereocenters. The number of halogens is 3. The lowest BCUT2D eigenvalue weighted by Crippen LogP contribution is -2.23. The first-order valence-corrected chi connectivity index (χ1v) is 10.3. The van der Waals surface area contributed by atoms with E-state index in [9.17, 15) is 22.8 Å². The number of terminal acetylenes is 1. The Morgan fingerprint density at radius 3 is 2.38 bits per heavy atom. The van der Waals surface area contributed by atoms with Gasteiger partial charge in [-0.1, -0.05) is 25.6 Å². The molecule has 0 fully saturated rings. The van der Waals surface area contributed by atoms with Crippen LogP contribution in [0.15, 0.2) is 55.0 Å². The van der Waals surface area contributed by atoms with Gasteiger partial charge in [-0.25, -0.2) is 4.98 Å². The quantitative estimate of drug-likeness (QED) is 0.452. The molecule has 3 rings (SSSR count). The number of carboxylic acid groups (broad SMARTS) is 1. The van der Waals surface area contributed by atoms with Gasteiger partial charge in [0.15, 0.2) is 0 Å². The van der Waals surface area contributed by atoms with Gasteiger partial charge in [-0.05, 0) is 42.2 Å². The van der Waals surface area contributed by atoms with Crippen molar-refractivity contribution in [1.82, 2.24) is 14.9 Å². The highest BCUT2D eigenvalue weighted by molar-refractivity contribution is 6.08. The summed E-state index contributed by atoms with van der Waals surface area (Å²) < 4.78 is 40.4. The van der Waals surface area contributed by atoms with Crippen LogP contribution < -0.4 is 5.32 Å². The molecule has 2 N–H and O–H groups in total. The summed E-state index contributed by atoms with van der Waals surface area (Å²) in [5, 5.41) is 12.0. The summed E-state index contributed by atoms with van der Waals surface area (Å²) in [7, 11) is 0. The van der Waals surface area contributed by atoms with Gasteiger partial charge in [0.25, 0.3) is 5.91 Å². The molecule has 6 nitrogen and oxygen atoms in total. The van der Waals surface area contributed by atoms with Crippen molar-refractivity contribution >= 4 is 22.9 Å². The van der Waals surface area contributed by atoms with E-state index in [0.717, 1.165) is 24.1 Å². The highest BCUT2D eigenvalue weighted by Gasteiger charge is 2.30. The van der Waals surface area contributed by atoms with E-state index in [4.69, 9.17) is 5.11 Å². The van der Waals surface area contributed by atoms with Crippen LogP contribution in [0.25, 0.3) is 11.0 Å². The average molecular weight is 471 g/mol. The minimum atomic E-state index is -4.41. The smallest absolute Gasteiger partial charge is 0.416 e. The van der Waals surface area contributed by atoms with Crippen LogP contribution in [0.4, 0.5) is 13.2 Å². The number of nitrogens with one attached hydrogen (secondary N) is 1. The molecular formula is C25H24F3N3O3. The maximum atomic E-state index is 12.9. The number of aliphatic carboxylic acids is 1. The molecule has 0 bridgehead atoms. The third kappa shape index (κ3) is 6.25. The maximum Gasteiger partial charge on any atom is 0.416 e. The number of carbonyl (C=O) groups is 2. The van der Waals surface area contributed by atoms with Gasteiger partial charge in [0.1, 0.15) is 5.65 Å². The molecule has 0 aliphatic heterocycles. The first kappa shape index (κ1) is 26.2. The molecule has 2 heterocycles. The SMILES string of the molecule is C#C.C=C(CC(=O)O)NC(=O)c1cn(CCC)c2nccc(Cc3ccc(C(F)(F)F)cc3)c12. The molecule has 34 heavy (non-hydrogen) atoms. The van der Waals surface area contributed by atoms with Gasteiger partial charge in [0.2, 0.25) is 0 Å². The van der Waals surface area contributed by atoms with E-state index >= 15 is 0 Å². The molecular weight excluding hydrogens is 447 g/mol. The van der Waals surface area contributed by atoms with Crippen molar-refractivity contribution in [3.05, 3.63) is 77.3 Å². The number of carboxylic acids is 1. The van der Waals surface area contributed by atoms with E-state index in [-0.39, 0.29) is 5.70 Å². The number of pyridine rings is 1. The van der Waals surface area contributed by atoms with E-state index in [0.29, 0.717) is 35.1 Å². The Hall–Kier alpha value is -4.06. The number of aromatic nitrogens is 2. The third-order valence-corrected chi connectivity index (χ3v) is 4.88. The van der Waals surface area contributed by atoms with E-state index < -0.39 is 30.0 Å². The average Bonchev–Trinajstić information content (AvgIpc) is 3.14. The fraction of sp³-hybridized carbons (Fsp3) is 0.240. The van der Waals surface area contributed by atoms with Crippen molar-refractivity contribution < 1.29 is 27.9 Å². The number of fused-ring (bicyclic) bond motifs is 1. The molecule has 178 valence electrons. The number of nitrogens with zero attached hydrogens (tertiary/aromatic N) is 2. The molecule has 9 heteroatoms. The number of amides is 1. The second kappa shape index (κ2) is 11.2. The number of alkyl halides is 3. The van der Waals surface area contributed by atoms with Crippen molar-refractivity contribution in [2.45, 2.75) is 38.9 Å². The summed E-state index contributed by atoms with van der Waals surface area (Å²) in [6.45, 7) is 6.16. The molecule has 2 aromatic heterocycles. The summed E-state index contributed by atoms with van der Waals surface area (Å²) in [6, 6.07) is 6.59. The van der Waals surface area contributed by atoms with Crippen LogP contribution in [0, 0.1) is 12.8 Å². The fourth-order valence-electron chi connectivity index (χ4n) is 3.50. The Morgan fingerprint density at radius 2 is 1.82 bits per heavy atom. The third-order valence-electron chi connectivity index (χ3n) is 4.88. The Labute approximate surface area is 195 Å². The van der Waals surface area contributed by atoms with E-state index in [1.165, 1.54) is 12.1 Å². The monoisotopic (exact) mass is 471 g/mol. The minimum Gasteiger partial charge on any atom is -0.481 e. The minimum absolute atomic E-state index is 0.0482. The topological polar surface area (TPSA) is 84.2 Å². The zero-order chi connectivity index (χ0) is 25.5. The molecule has 0 aliphatic rings. The van der Waals surface area contributed by atoms with Crippen LogP contribution in [0.3, 0.4) is 0 Å². The van der Waals surface area contributed by atoms with Crippen LogP contribution in [0.5, 0.6) is 0 Å². The number of aryl methyl sites for hydroxylation is 1. The number of hydrogen-bond donors (Lipinski definition) is 2. The van der Waals surface area contributed by atoms with Crippen molar-refractivity contribution in [2.24, 2.45) is 0 Å². The normalized spacial score (nSPS) is 10.9. The number of benzene rings is 1. The summed E-state index contributed by atoms with van der Waals surface area (Å²) in [5.41, 5.74) is 1.56. The second-order valence-electron chi connectivity index (χ2n) is 7.40. The maximum absolute atomic E-state index is 12.9. The predicted octanol–water partition coefficient (Wildman–Crippen LogP) is 5.02. The van der Waals surface area contributed by atoms with Gasteiger partial charge < -0.3 is 15.0 Å². The standard InChI is InChI=1S/C23H22F3N3O3.C2H2/c1-3-10-29-13-18(22(32)28-14(2)11-19(30)31)20-16(8-9-27-21(20)29)12-15-4-6-17(7-5-15)23(24,25)26;1-2/h4-9,13H,2-3,10-12H2,1H3,(H,28,32)(H,30,31);1-2H. The van der Waals surface area contributed by atoms with Crippen LogP contribution in [0.1, 0.15) is 46.8 Å². The summed E-state index contributed by atoms with van der Waals surface area (Å²) in [6.07, 6.45) is 7.52. The zero-order valence-corrected chi connectivity index (χ0v) is 18.5. The Bertz CT molecular complexity index is 1210. The fourth-order valence-corrected chi connectivity index (χ4v) is 3.50. The largest absolute Gasteiger partial charge is 0.481 e. The zero-order valence-electron chi connectivity index (χ0n) is 18.5. The molecule has 3 aromatic rings. The van der Waals surface area contributed by atoms with Crippen molar-refractivity contribution in [2.75, 3.05) is 0 Å². The molecule has 1 aromatic carbocycles. The molecule has 0 saturated heterocycles. The highest BCUT2D eigenvalue weighted by Crippen LogP contribution is 2.30. The van der Waals surface area contributed by atoms with Gasteiger partial charge in [-0.3, -0.25) is 9.59 Å². The summed E-state index contributed by atoms with van der Waals surface area (Å²) in [4.78, 5) is 28.2. The van der Waals surface area contributed by atoms with Crippen molar-refractivity contribution in [3.63, 3.8) is 0 Å². The first-order chi connectivity index (χ1) is 16.1. The van der Waals surface area contributed by atoms with Crippen LogP contribution in [0.2, 0.25) is 0 Å². The Balaban J connectivity index is 0.00000199. The van der Waals surface area contributed by atoms with Crippen molar-refractivity contribution in [1.29, 1.82) is 0 Å². The van der Waals surface area contributed by atoms with E-state index in [2.05, 4.69) is 29.7 Å². The van der Waals surface area contributed by atoms with E-state index in [1.807, 2.05) is 11.5 Å². The van der Waals surface area contributed by atoms with Crippen LogP contribution >= 0.6 is 0 Å². The molecule has 0 radical (unpaired) electrons. The molecule has 0 spiro atoms.